The normalized spacial score (nSPS) is 10.7. The van der Waals surface area contributed by atoms with E-state index in [0.717, 1.165) is 0 Å². The third-order valence-electron chi connectivity index (χ3n) is 2.82. The van der Waals surface area contributed by atoms with Crippen LogP contribution in [0.2, 0.25) is 0 Å². The first-order valence-electron chi connectivity index (χ1n) is 5.97. The average Bonchev–Trinajstić information content (AvgIpc) is 2.47. The van der Waals surface area contributed by atoms with E-state index in [4.69, 9.17) is 10.5 Å². The van der Waals surface area contributed by atoms with E-state index in [1.807, 2.05) is 0 Å². The van der Waals surface area contributed by atoms with Crippen LogP contribution in [0.25, 0.3) is 0 Å². The predicted molar refractivity (Wildman–Crippen MR) is 79.4 cm³/mol. The minimum atomic E-state index is -0.526. The molecule has 0 fully saturated rings. The number of para-hydroxylation sites is 1. The number of anilines is 1. The molecule has 2 aromatic carbocycles. The molecule has 0 saturated heterocycles. The smallest absolute Gasteiger partial charge is 0.271 e. The van der Waals surface area contributed by atoms with Gasteiger partial charge in [0, 0.05) is 23.9 Å². The van der Waals surface area contributed by atoms with Crippen molar-refractivity contribution in [1.29, 1.82) is 0 Å². The number of nitrogen functional groups attached to an aromatic ring is 1. The number of nitrogens with zero attached hydrogens (tertiary/aromatic N) is 2. The summed E-state index contributed by atoms with van der Waals surface area (Å²) in [6, 6.07) is 8.91. The highest BCUT2D eigenvalue weighted by molar-refractivity contribution is 5.88. The van der Waals surface area contributed by atoms with Crippen LogP contribution in [0.4, 0.5) is 17.1 Å². The van der Waals surface area contributed by atoms with E-state index >= 15 is 0 Å². The van der Waals surface area contributed by atoms with Gasteiger partial charge in [-0.1, -0.05) is 6.07 Å². The van der Waals surface area contributed by atoms with Crippen molar-refractivity contribution in [2.45, 2.75) is 0 Å². The number of nitro groups is 1. The van der Waals surface area contributed by atoms with Crippen molar-refractivity contribution in [3.63, 3.8) is 0 Å². The predicted octanol–water partition coefficient (Wildman–Crippen LogP) is 2.64. The highest BCUT2D eigenvalue weighted by Crippen LogP contribution is 2.30. The Morgan fingerprint density at radius 2 is 2.14 bits per heavy atom. The largest absolute Gasteiger partial charge is 0.504 e. The van der Waals surface area contributed by atoms with Crippen LogP contribution >= 0.6 is 0 Å². The number of benzene rings is 2. The molecule has 0 radical (unpaired) electrons. The number of rotatable bonds is 4. The lowest BCUT2D eigenvalue weighted by atomic mass is 10.2. The molecule has 0 amide bonds. The molecule has 108 valence electrons. The molecule has 3 N–H and O–H groups in total. The van der Waals surface area contributed by atoms with Crippen LogP contribution in [-0.4, -0.2) is 23.4 Å². The third-order valence-corrected chi connectivity index (χ3v) is 2.82. The molecule has 0 unspecified atom stereocenters. The van der Waals surface area contributed by atoms with Crippen LogP contribution < -0.4 is 10.5 Å². The van der Waals surface area contributed by atoms with E-state index in [1.165, 1.54) is 31.5 Å². The highest BCUT2D eigenvalue weighted by Gasteiger charge is 2.09. The van der Waals surface area contributed by atoms with Crippen molar-refractivity contribution >= 4 is 23.3 Å². The lowest BCUT2D eigenvalue weighted by Crippen LogP contribution is -1.91. The Balaban J connectivity index is 2.38. The summed E-state index contributed by atoms with van der Waals surface area (Å²) < 4.78 is 4.99. The zero-order valence-electron chi connectivity index (χ0n) is 11.2. The standard InChI is InChI=1S/C14H13N3O4/c1-21-13-4-2-3-9(14(13)18)8-16-12-7-10(17(19)20)5-6-11(12)15/h2-8,18H,15H2,1H3. The van der Waals surface area contributed by atoms with Gasteiger partial charge in [0.1, 0.15) is 0 Å². The molecule has 0 spiro atoms. The molecule has 0 aromatic heterocycles. The zero-order valence-corrected chi connectivity index (χ0v) is 11.2. The second-order valence-corrected chi connectivity index (χ2v) is 4.16. The lowest BCUT2D eigenvalue weighted by Gasteiger charge is -2.05. The first-order chi connectivity index (χ1) is 10.0. The van der Waals surface area contributed by atoms with Gasteiger partial charge in [-0.25, -0.2) is 0 Å². The number of hydrogen-bond acceptors (Lipinski definition) is 6. The molecule has 0 atom stereocenters. The molecular formula is C14H13N3O4. The van der Waals surface area contributed by atoms with Crippen LogP contribution in [0.3, 0.4) is 0 Å². The number of nitro benzene ring substituents is 1. The number of hydrogen-bond donors (Lipinski definition) is 2. The minimum absolute atomic E-state index is 0.0623. The number of ether oxygens (including phenoxy) is 1. The molecule has 7 nitrogen and oxygen atoms in total. The highest BCUT2D eigenvalue weighted by atomic mass is 16.6. The van der Waals surface area contributed by atoms with Crippen LogP contribution in [-0.2, 0) is 0 Å². The number of aliphatic imine (C=N–C) groups is 1. The van der Waals surface area contributed by atoms with E-state index in [-0.39, 0.29) is 17.1 Å². The van der Waals surface area contributed by atoms with Gasteiger partial charge in [0.25, 0.3) is 5.69 Å². The summed E-state index contributed by atoms with van der Waals surface area (Å²) in [6.45, 7) is 0. The number of phenolic OH excluding ortho intramolecular Hbond substituents is 1. The molecule has 0 saturated carbocycles. The molecule has 0 bridgehead atoms. The Bertz CT molecular complexity index is 713. The number of nitrogens with two attached hydrogens (primary N) is 1. The summed E-state index contributed by atoms with van der Waals surface area (Å²) in [6.07, 6.45) is 1.37. The van der Waals surface area contributed by atoms with Crippen molar-refractivity contribution in [2.24, 2.45) is 4.99 Å². The quantitative estimate of drug-likeness (QED) is 0.388. The van der Waals surface area contributed by atoms with Gasteiger partial charge in [0.2, 0.25) is 0 Å². The SMILES string of the molecule is COc1cccc(C=Nc2cc([N+](=O)[O-])ccc2N)c1O. The fourth-order valence-corrected chi connectivity index (χ4v) is 1.70. The van der Waals surface area contributed by atoms with E-state index in [1.54, 1.807) is 18.2 Å². The molecule has 0 aliphatic rings. The average molecular weight is 287 g/mol. The Morgan fingerprint density at radius 1 is 1.38 bits per heavy atom. The van der Waals surface area contributed by atoms with Crippen molar-refractivity contribution in [2.75, 3.05) is 12.8 Å². The molecule has 2 rings (SSSR count). The molecule has 21 heavy (non-hydrogen) atoms. The number of phenols is 1. The Morgan fingerprint density at radius 3 is 2.81 bits per heavy atom. The summed E-state index contributed by atoms with van der Waals surface area (Å²) >= 11 is 0. The lowest BCUT2D eigenvalue weighted by molar-refractivity contribution is -0.384. The topological polar surface area (TPSA) is 111 Å². The summed E-state index contributed by atoms with van der Waals surface area (Å²) in [5, 5.41) is 20.7. The maximum atomic E-state index is 10.7. The second kappa shape index (κ2) is 5.91. The minimum Gasteiger partial charge on any atom is -0.504 e. The van der Waals surface area contributed by atoms with Crippen molar-refractivity contribution < 1.29 is 14.8 Å². The maximum absolute atomic E-state index is 10.7. The van der Waals surface area contributed by atoms with E-state index in [2.05, 4.69) is 4.99 Å². The Kier molecular flexibility index (Phi) is 4.03. The number of methoxy groups -OCH3 is 1. The molecular weight excluding hydrogens is 274 g/mol. The van der Waals surface area contributed by atoms with Gasteiger partial charge in [-0.2, -0.15) is 0 Å². The van der Waals surface area contributed by atoms with Crippen LogP contribution in [0, 0.1) is 10.1 Å². The van der Waals surface area contributed by atoms with Gasteiger partial charge in [-0.05, 0) is 18.2 Å². The zero-order chi connectivity index (χ0) is 15.4. The molecule has 0 heterocycles. The summed E-state index contributed by atoms with van der Waals surface area (Å²) in [5.41, 5.74) is 6.60. The fraction of sp³-hybridized carbons (Fsp3) is 0.0714. The first kappa shape index (κ1) is 14.3. The monoisotopic (exact) mass is 287 g/mol. The van der Waals surface area contributed by atoms with Gasteiger partial charge in [-0.3, -0.25) is 15.1 Å². The van der Waals surface area contributed by atoms with Crippen LogP contribution in [0.5, 0.6) is 11.5 Å². The van der Waals surface area contributed by atoms with Crippen LogP contribution in [0.1, 0.15) is 5.56 Å². The Labute approximate surface area is 120 Å². The van der Waals surface area contributed by atoms with E-state index in [0.29, 0.717) is 17.0 Å². The fourth-order valence-electron chi connectivity index (χ4n) is 1.70. The Hall–Kier alpha value is -3.09. The molecule has 2 aromatic rings. The first-order valence-corrected chi connectivity index (χ1v) is 5.97. The number of aromatic hydroxyl groups is 1. The summed E-state index contributed by atoms with van der Waals surface area (Å²) in [4.78, 5) is 14.3. The van der Waals surface area contributed by atoms with E-state index < -0.39 is 4.92 Å². The molecule has 0 aliphatic carbocycles. The van der Waals surface area contributed by atoms with Gasteiger partial charge in [-0.15, -0.1) is 0 Å². The van der Waals surface area contributed by atoms with Gasteiger partial charge < -0.3 is 15.6 Å². The second-order valence-electron chi connectivity index (χ2n) is 4.16. The van der Waals surface area contributed by atoms with Crippen molar-refractivity contribution in [1.82, 2.24) is 0 Å². The van der Waals surface area contributed by atoms with Gasteiger partial charge in [0.05, 0.1) is 23.4 Å². The molecule has 0 aliphatic heterocycles. The third kappa shape index (κ3) is 3.08. The maximum Gasteiger partial charge on any atom is 0.271 e. The van der Waals surface area contributed by atoms with Crippen LogP contribution in [0.15, 0.2) is 41.4 Å². The van der Waals surface area contributed by atoms with Gasteiger partial charge >= 0.3 is 0 Å². The van der Waals surface area contributed by atoms with Gasteiger partial charge in [0.15, 0.2) is 11.5 Å². The van der Waals surface area contributed by atoms with E-state index in [9.17, 15) is 15.2 Å². The van der Waals surface area contributed by atoms with Crippen molar-refractivity contribution in [3.05, 3.63) is 52.1 Å². The summed E-state index contributed by atoms with van der Waals surface area (Å²) in [5.74, 6) is 0.249. The molecule has 7 heteroatoms. The summed E-state index contributed by atoms with van der Waals surface area (Å²) in [7, 11) is 1.44. The van der Waals surface area contributed by atoms with Crippen molar-refractivity contribution in [3.8, 4) is 11.5 Å². The number of non-ortho nitro benzene ring substituents is 1.